The highest BCUT2D eigenvalue weighted by molar-refractivity contribution is 6.10. The molecule has 1 heterocycles. The molecule has 4 aromatic rings. The molecule has 0 saturated carbocycles. The minimum absolute atomic E-state index is 0.285. The Hall–Kier alpha value is -4.17. The monoisotopic (exact) mass is 378 g/mol. The summed E-state index contributed by atoms with van der Waals surface area (Å²) in [6, 6.07) is 26.9. The number of aromatic nitrogens is 1. The van der Waals surface area contributed by atoms with Crippen molar-refractivity contribution >= 4 is 23.0 Å². The van der Waals surface area contributed by atoms with Crippen molar-refractivity contribution < 1.29 is 4.79 Å². The maximum absolute atomic E-state index is 13.0. The van der Waals surface area contributed by atoms with Gasteiger partial charge >= 0.3 is 0 Å². The molecular weight excluding hydrogens is 360 g/mol. The molecule has 1 aromatic heterocycles. The van der Waals surface area contributed by atoms with Crippen LogP contribution in [0.5, 0.6) is 0 Å². The number of carbonyl (C=O) groups excluding carboxylic acids is 1. The summed E-state index contributed by atoms with van der Waals surface area (Å²) in [5.41, 5.74) is 7.40. The molecule has 1 amide bonds. The number of amides is 1. The van der Waals surface area contributed by atoms with Crippen LogP contribution in [-0.4, -0.2) is 16.7 Å². The van der Waals surface area contributed by atoms with Crippen LogP contribution < -0.4 is 5.43 Å². The number of nitrogens with one attached hydrogen (secondary N) is 1. The van der Waals surface area contributed by atoms with Crippen molar-refractivity contribution in [3.8, 4) is 17.2 Å². The standard InChI is InChI=1S/C24H18N4O/c1-28-21-10-6-5-9-20(21)22(19-7-3-2-4-8-19)23(28)24(29)27-26-16-18-13-11-17(15-25)12-14-18/h2-14,16H,1H3,(H,27,29). The second-order valence-electron chi connectivity index (χ2n) is 6.60. The Bertz CT molecular complexity index is 1250. The Labute approximate surface area is 168 Å². The molecule has 0 spiro atoms. The molecule has 0 bridgehead atoms. The Morgan fingerprint density at radius 2 is 1.69 bits per heavy atom. The molecule has 5 heteroatoms. The molecule has 0 fully saturated rings. The summed E-state index contributed by atoms with van der Waals surface area (Å²) in [4.78, 5) is 13.0. The molecule has 0 aliphatic carbocycles. The third kappa shape index (κ3) is 3.52. The highest BCUT2D eigenvalue weighted by Gasteiger charge is 2.21. The van der Waals surface area contributed by atoms with Crippen molar-refractivity contribution in [3.63, 3.8) is 0 Å². The number of para-hydroxylation sites is 1. The van der Waals surface area contributed by atoms with Crippen LogP contribution in [0.25, 0.3) is 22.0 Å². The number of aryl methyl sites for hydroxylation is 1. The van der Waals surface area contributed by atoms with Gasteiger partial charge in [0.05, 0.1) is 17.8 Å². The first kappa shape index (κ1) is 18.2. The number of carbonyl (C=O) groups is 1. The number of fused-ring (bicyclic) bond motifs is 1. The van der Waals surface area contributed by atoms with Crippen LogP contribution in [-0.2, 0) is 7.05 Å². The van der Waals surface area contributed by atoms with Crippen LogP contribution in [0.15, 0.2) is 84.0 Å². The molecule has 29 heavy (non-hydrogen) atoms. The molecule has 0 radical (unpaired) electrons. The van der Waals surface area contributed by atoms with E-state index in [1.807, 2.05) is 66.2 Å². The lowest BCUT2D eigenvalue weighted by atomic mass is 10.0. The largest absolute Gasteiger partial charge is 0.339 e. The fourth-order valence-corrected chi connectivity index (χ4v) is 3.42. The smallest absolute Gasteiger partial charge is 0.288 e. The van der Waals surface area contributed by atoms with E-state index in [4.69, 9.17) is 5.26 Å². The van der Waals surface area contributed by atoms with Crippen LogP contribution in [0.1, 0.15) is 21.6 Å². The van der Waals surface area contributed by atoms with E-state index in [9.17, 15) is 4.79 Å². The normalized spacial score (nSPS) is 10.9. The van der Waals surface area contributed by atoms with Gasteiger partial charge in [-0.25, -0.2) is 5.43 Å². The number of hydrazone groups is 1. The minimum atomic E-state index is -0.285. The average molecular weight is 378 g/mol. The Morgan fingerprint density at radius 1 is 1.00 bits per heavy atom. The molecule has 4 rings (SSSR count). The van der Waals surface area contributed by atoms with Crippen molar-refractivity contribution in [2.75, 3.05) is 0 Å². The second-order valence-corrected chi connectivity index (χ2v) is 6.60. The van der Waals surface area contributed by atoms with Gasteiger partial charge in [-0.1, -0.05) is 60.7 Å². The van der Waals surface area contributed by atoms with Gasteiger partial charge in [0.25, 0.3) is 5.91 Å². The zero-order valence-electron chi connectivity index (χ0n) is 15.8. The first-order valence-corrected chi connectivity index (χ1v) is 9.15. The van der Waals surface area contributed by atoms with E-state index in [2.05, 4.69) is 16.6 Å². The molecule has 140 valence electrons. The third-order valence-electron chi connectivity index (χ3n) is 4.80. The number of rotatable bonds is 4. The number of hydrogen-bond donors (Lipinski definition) is 1. The van der Waals surface area contributed by atoms with E-state index >= 15 is 0 Å². The van der Waals surface area contributed by atoms with Crippen LogP contribution in [0.4, 0.5) is 0 Å². The summed E-state index contributed by atoms with van der Waals surface area (Å²) >= 11 is 0. The van der Waals surface area contributed by atoms with Crippen LogP contribution >= 0.6 is 0 Å². The number of nitriles is 1. The minimum Gasteiger partial charge on any atom is -0.339 e. The zero-order chi connectivity index (χ0) is 20.2. The van der Waals surface area contributed by atoms with Gasteiger partial charge in [0.15, 0.2) is 0 Å². The third-order valence-corrected chi connectivity index (χ3v) is 4.80. The van der Waals surface area contributed by atoms with Gasteiger partial charge in [0.1, 0.15) is 5.69 Å². The highest BCUT2D eigenvalue weighted by Crippen LogP contribution is 2.34. The number of hydrogen-bond acceptors (Lipinski definition) is 3. The summed E-state index contributed by atoms with van der Waals surface area (Å²) in [7, 11) is 1.88. The van der Waals surface area contributed by atoms with Crippen LogP contribution in [0, 0.1) is 11.3 Å². The Kier molecular flexibility index (Phi) is 4.91. The van der Waals surface area contributed by atoms with E-state index in [-0.39, 0.29) is 5.91 Å². The van der Waals surface area contributed by atoms with E-state index in [0.717, 1.165) is 27.6 Å². The lowest BCUT2D eigenvalue weighted by Crippen LogP contribution is -2.21. The first-order chi connectivity index (χ1) is 14.2. The molecule has 0 aliphatic rings. The Morgan fingerprint density at radius 3 is 2.41 bits per heavy atom. The van der Waals surface area contributed by atoms with E-state index in [1.165, 1.54) is 0 Å². The van der Waals surface area contributed by atoms with Gasteiger partial charge in [-0.05, 0) is 29.3 Å². The quantitative estimate of drug-likeness (QED) is 0.420. The lowest BCUT2D eigenvalue weighted by molar-refractivity contribution is 0.0948. The summed E-state index contributed by atoms with van der Waals surface area (Å²) in [5.74, 6) is -0.285. The van der Waals surface area contributed by atoms with E-state index in [0.29, 0.717) is 11.3 Å². The van der Waals surface area contributed by atoms with Crippen molar-refractivity contribution in [2.24, 2.45) is 12.1 Å². The second kappa shape index (κ2) is 7.83. The molecule has 0 saturated heterocycles. The molecule has 1 N–H and O–H groups in total. The number of benzene rings is 3. The molecule has 0 atom stereocenters. The maximum Gasteiger partial charge on any atom is 0.288 e. The predicted molar refractivity (Wildman–Crippen MR) is 115 cm³/mol. The van der Waals surface area contributed by atoms with Gasteiger partial charge in [-0.2, -0.15) is 10.4 Å². The first-order valence-electron chi connectivity index (χ1n) is 9.15. The van der Waals surface area contributed by atoms with E-state index in [1.54, 1.807) is 30.5 Å². The Balaban J connectivity index is 1.69. The van der Waals surface area contributed by atoms with Gasteiger partial charge in [-0.15, -0.1) is 0 Å². The van der Waals surface area contributed by atoms with Crippen LogP contribution in [0.3, 0.4) is 0 Å². The average Bonchev–Trinajstić information content (AvgIpc) is 3.07. The summed E-state index contributed by atoms with van der Waals surface area (Å²) in [6.07, 6.45) is 1.56. The van der Waals surface area contributed by atoms with Gasteiger partial charge < -0.3 is 4.57 Å². The molecular formula is C24H18N4O. The summed E-state index contributed by atoms with van der Waals surface area (Å²) in [6.45, 7) is 0. The van der Waals surface area contributed by atoms with Crippen molar-refractivity contribution in [2.45, 2.75) is 0 Å². The van der Waals surface area contributed by atoms with Gasteiger partial charge in [0.2, 0.25) is 0 Å². The molecule has 3 aromatic carbocycles. The molecule has 0 aliphatic heterocycles. The predicted octanol–water partition coefficient (Wildman–Crippen LogP) is 4.48. The fourth-order valence-electron chi connectivity index (χ4n) is 3.42. The fraction of sp³-hybridized carbons (Fsp3) is 0.0417. The SMILES string of the molecule is Cn1c(C(=O)NN=Cc2ccc(C#N)cc2)c(-c2ccccc2)c2ccccc21. The summed E-state index contributed by atoms with van der Waals surface area (Å²) in [5, 5.41) is 14.0. The van der Waals surface area contributed by atoms with Gasteiger partial charge in [-0.3, -0.25) is 4.79 Å². The van der Waals surface area contributed by atoms with Crippen molar-refractivity contribution in [3.05, 3.63) is 95.7 Å². The van der Waals surface area contributed by atoms with Crippen LogP contribution in [0.2, 0.25) is 0 Å². The lowest BCUT2D eigenvalue weighted by Gasteiger charge is -2.07. The zero-order valence-corrected chi connectivity index (χ0v) is 15.8. The molecule has 5 nitrogen and oxygen atoms in total. The van der Waals surface area contributed by atoms with E-state index < -0.39 is 0 Å². The van der Waals surface area contributed by atoms with Crippen molar-refractivity contribution in [1.82, 2.24) is 9.99 Å². The maximum atomic E-state index is 13.0. The van der Waals surface area contributed by atoms with Gasteiger partial charge in [0, 0.05) is 23.5 Å². The highest BCUT2D eigenvalue weighted by atomic mass is 16.2. The molecule has 0 unspecified atom stereocenters. The van der Waals surface area contributed by atoms with Crippen molar-refractivity contribution in [1.29, 1.82) is 5.26 Å². The number of nitrogens with zero attached hydrogens (tertiary/aromatic N) is 3. The topological polar surface area (TPSA) is 70.2 Å². The summed E-state index contributed by atoms with van der Waals surface area (Å²) < 4.78 is 1.89.